The molecule has 1 atom stereocenters. The molecule has 0 radical (unpaired) electrons. The van der Waals surface area contributed by atoms with Gasteiger partial charge >= 0.3 is 0 Å². The minimum Gasteiger partial charge on any atom is -0.457 e. The second-order valence-electron chi connectivity index (χ2n) is 13.0. The molecule has 1 amide bonds. The zero-order valence-electron chi connectivity index (χ0n) is 25.8. The summed E-state index contributed by atoms with van der Waals surface area (Å²) in [5, 5.41) is 15.3. The predicted octanol–water partition coefficient (Wildman–Crippen LogP) is 4.56. The molecule has 3 aliphatic rings. The third-order valence-electron chi connectivity index (χ3n) is 9.29. The highest BCUT2D eigenvalue weighted by Crippen LogP contribution is 2.42. The van der Waals surface area contributed by atoms with Gasteiger partial charge in [-0.2, -0.15) is 10.4 Å². The number of carbonyl (C=O) groups excluding carboxylic acids is 1. The van der Waals surface area contributed by atoms with E-state index in [1.165, 1.54) is 12.4 Å². The van der Waals surface area contributed by atoms with E-state index in [-0.39, 0.29) is 34.3 Å². The number of nitrogen functional groups attached to an aromatic ring is 1. The SMILES string of the molecule is CC(C)(/C=C(\C#N)C(=O)N1CCC[C@@H]1Cn1nc(-c2ccc(Oc3ccccc3)cc2F)c2c(N)ncnc21)N1CC2(COC2)C1. The summed E-state index contributed by atoms with van der Waals surface area (Å²) in [4.78, 5) is 26.4. The lowest BCUT2D eigenvalue weighted by Crippen LogP contribution is -2.70. The van der Waals surface area contributed by atoms with Crippen molar-refractivity contribution in [2.45, 2.75) is 44.8 Å². The third-order valence-corrected chi connectivity index (χ3v) is 9.29. The van der Waals surface area contributed by atoms with E-state index in [9.17, 15) is 10.1 Å². The lowest BCUT2D eigenvalue weighted by molar-refractivity contribution is -0.204. The first-order chi connectivity index (χ1) is 22.2. The molecule has 11 nitrogen and oxygen atoms in total. The number of anilines is 1. The van der Waals surface area contributed by atoms with Crippen LogP contribution >= 0.6 is 0 Å². The fourth-order valence-corrected chi connectivity index (χ4v) is 6.70. The molecular weight excluding hydrogens is 587 g/mol. The number of carbonyl (C=O) groups is 1. The summed E-state index contributed by atoms with van der Waals surface area (Å²) < 4.78 is 28.4. The monoisotopic (exact) mass is 622 g/mol. The quantitative estimate of drug-likeness (QED) is 0.222. The average molecular weight is 623 g/mol. The lowest BCUT2D eigenvalue weighted by atomic mass is 9.75. The van der Waals surface area contributed by atoms with Crippen molar-refractivity contribution in [1.82, 2.24) is 29.5 Å². The van der Waals surface area contributed by atoms with Crippen LogP contribution in [0.2, 0.25) is 0 Å². The maximum atomic E-state index is 15.6. The molecule has 2 aromatic heterocycles. The fraction of sp³-hybridized carbons (Fsp3) is 0.382. The van der Waals surface area contributed by atoms with Crippen LogP contribution in [-0.4, -0.2) is 79.9 Å². The Balaban J connectivity index is 1.14. The predicted molar refractivity (Wildman–Crippen MR) is 169 cm³/mol. The van der Waals surface area contributed by atoms with Crippen LogP contribution in [0.3, 0.4) is 0 Å². The van der Waals surface area contributed by atoms with E-state index in [1.807, 2.05) is 32.0 Å². The summed E-state index contributed by atoms with van der Waals surface area (Å²) in [6, 6.07) is 15.6. The van der Waals surface area contributed by atoms with Crippen molar-refractivity contribution in [1.29, 1.82) is 5.26 Å². The second-order valence-corrected chi connectivity index (χ2v) is 13.0. The number of likely N-dealkylation sites (tertiary alicyclic amines) is 2. The van der Waals surface area contributed by atoms with Crippen LogP contribution in [0, 0.1) is 22.6 Å². The van der Waals surface area contributed by atoms with Crippen molar-refractivity contribution in [3.8, 4) is 28.8 Å². The topological polar surface area (TPSA) is 135 Å². The van der Waals surface area contributed by atoms with Gasteiger partial charge in [0.2, 0.25) is 0 Å². The van der Waals surface area contributed by atoms with E-state index in [0.717, 1.165) is 39.1 Å². The molecule has 0 saturated carbocycles. The molecule has 46 heavy (non-hydrogen) atoms. The largest absolute Gasteiger partial charge is 0.457 e. The van der Waals surface area contributed by atoms with Crippen LogP contribution in [0.15, 0.2) is 66.5 Å². The molecule has 1 spiro atoms. The van der Waals surface area contributed by atoms with Gasteiger partial charge in [-0.15, -0.1) is 0 Å². The minimum atomic E-state index is -0.537. The fourth-order valence-electron chi connectivity index (χ4n) is 6.70. The first-order valence-electron chi connectivity index (χ1n) is 15.4. The normalized spacial score (nSPS) is 19.6. The van der Waals surface area contributed by atoms with Crippen molar-refractivity contribution in [3.05, 3.63) is 72.3 Å². The van der Waals surface area contributed by atoms with Crippen molar-refractivity contribution in [2.24, 2.45) is 5.41 Å². The van der Waals surface area contributed by atoms with E-state index in [1.54, 1.807) is 39.9 Å². The number of benzene rings is 2. The van der Waals surface area contributed by atoms with Gasteiger partial charge in [0.1, 0.15) is 46.8 Å². The summed E-state index contributed by atoms with van der Waals surface area (Å²) in [6.07, 6.45) is 4.65. The van der Waals surface area contributed by atoms with Gasteiger partial charge in [0.05, 0.1) is 31.2 Å². The van der Waals surface area contributed by atoms with Gasteiger partial charge in [-0.1, -0.05) is 18.2 Å². The Kier molecular flexibility index (Phi) is 7.45. The summed E-state index contributed by atoms with van der Waals surface area (Å²) in [6.45, 7) is 8.20. The Hall–Kier alpha value is -4.86. The van der Waals surface area contributed by atoms with Crippen LogP contribution in [0.5, 0.6) is 11.5 Å². The van der Waals surface area contributed by atoms with Crippen LogP contribution in [0.4, 0.5) is 10.2 Å². The number of nitriles is 1. The molecule has 12 heteroatoms. The number of rotatable bonds is 8. The molecule has 236 valence electrons. The summed E-state index contributed by atoms with van der Waals surface area (Å²) >= 11 is 0. The molecule has 0 bridgehead atoms. The van der Waals surface area contributed by atoms with Gasteiger partial charge in [-0.3, -0.25) is 9.69 Å². The first kappa shape index (κ1) is 29.8. The number of fused-ring (bicyclic) bond motifs is 1. The number of hydrogen-bond donors (Lipinski definition) is 1. The zero-order valence-corrected chi connectivity index (χ0v) is 25.8. The molecular formula is C34H35FN8O3. The molecule has 7 rings (SSSR count). The summed E-state index contributed by atoms with van der Waals surface area (Å²) in [5.41, 5.74) is 7.15. The van der Waals surface area contributed by atoms with E-state index >= 15 is 4.39 Å². The summed E-state index contributed by atoms with van der Waals surface area (Å²) in [5.74, 6) is 0.272. The Labute approximate surface area is 266 Å². The van der Waals surface area contributed by atoms with Gasteiger partial charge in [-0.25, -0.2) is 19.0 Å². The van der Waals surface area contributed by atoms with Crippen molar-refractivity contribution < 1.29 is 18.7 Å². The standard InChI is InChI=1S/C34H35FN8O3/c1-33(2,41-17-34(18-41)19-45-20-34)14-22(15-36)32(44)42-12-6-7-23(42)16-43-31-28(30(37)38-21-39-31)29(40-43)26-11-10-25(13-27(26)35)46-24-8-4-3-5-9-24/h3-5,8-11,13-14,21,23H,6-7,12,16-20H2,1-2H3,(H2,37,38,39)/b22-14+/t23-/m1/s1. The zero-order chi connectivity index (χ0) is 32.1. The molecule has 0 unspecified atom stereocenters. The lowest BCUT2D eigenvalue weighted by Gasteiger charge is -2.59. The smallest absolute Gasteiger partial charge is 0.264 e. The molecule has 2 aromatic carbocycles. The molecule has 3 fully saturated rings. The van der Waals surface area contributed by atoms with E-state index in [2.05, 4.69) is 20.9 Å². The van der Waals surface area contributed by atoms with Crippen molar-refractivity contribution >= 4 is 22.8 Å². The van der Waals surface area contributed by atoms with Gasteiger partial charge in [0, 0.05) is 42.2 Å². The number of aromatic nitrogens is 4. The van der Waals surface area contributed by atoms with Gasteiger partial charge in [0.15, 0.2) is 5.65 Å². The highest BCUT2D eigenvalue weighted by molar-refractivity contribution is 5.99. The molecule has 3 aliphatic heterocycles. The number of halogens is 1. The van der Waals surface area contributed by atoms with Gasteiger partial charge in [-0.05, 0) is 57.0 Å². The van der Waals surface area contributed by atoms with Crippen LogP contribution in [0.1, 0.15) is 26.7 Å². The first-order valence-corrected chi connectivity index (χ1v) is 15.4. The Morgan fingerprint density at radius 1 is 1.20 bits per heavy atom. The van der Waals surface area contributed by atoms with E-state index in [0.29, 0.717) is 41.3 Å². The van der Waals surface area contributed by atoms with Gasteiger partial charge < -0.3 is 20.1 Å². The molecule has 2 N–H and O–H groups in total. The molecule has 0 aliphatic carbocycles. The Morgan fingerprint density at radius 2 is 1.98 bits per heavy atom. The number of para-hydroxylation sites is 1. The molecule has 5 heterocycles. The molecule has 4 aromatic rings. The Morgan fingerprint density at radius 3 is 2.67 bits per heavy atom. The maximum absolute atomic E-state index is 15.6. The van der Waals surface area contributed by atoms with Crippen molar-refractivity contribution in [2.75, 3.05) is 38.6 Å². The maximum Gasteiger partial charge on any atom is 0.264 e. The highest BCUT2D eigenvalue weighted by atomic mass is 19.1. The molecule has 3 saturated heterocycles. The van der Waals surface area contributed by atoms with Gasteiger partial charge in [0.25, 0.3) is 5.91 Å². The number of nitrogens with two attached hydrogens (primary N) is 1. The highest BCUT2D eigenvalue weighted by Gasteiger charge is 2.52. The van der Waals surface area contributed by atoms with Crippen LogP contribution in [-0.2, 0) is 16.1 Å². The average Bonchev–Trinajstić information content (AvgIpc) is 3.60. The summed E-state index contributed by atoms with van der Waals surface area (Å²) in [7, 11) is 0. The van der Waals surface area contributed by atoms with Crippen LogP contribution in [0.25, 0.3) is 22.3 Å². The minimum absolute atomic E-state index is 0.125. The van der Waals surface area contributed by atoms with Crippen molar-refractivity contribution in [3.63, 3.8) is 0 Å². The number of hydrogen-bond acceptors (Lipinski definition) is 9. The number of nitrogens with zero attached hydrogens (tertiary/aromatic N) is 7. The van der Waals surface area contributed by atoms with E-state index < -0.39 is 11.4 Å². The van der Waals surface area contributed by atoms with E-state index in [4.69, 9.17) is 20.3 Å². The second kappa shape index (κ2) is 11.5. The Bertz CT molecular complexity index is 1870. The number of amides is 1. The third kappa shape index (κ3) is 5.35. The number of ether oxygens (including phenoxy) is 2. The van der Waals surface area contributed by atoms with Crippen LogP contribution < -0.4 is 10.5 Å².